The van der Waals surface area contributed by atoms with E-state index in [0.717, 1.165) is 0 Å². The quantitative estimate of drug-likeness (QED) is 0.415. The molecule has 8 nitrogen and oxygen atoms in total. The maximum Gasteiger partial charge on any atom is 0.199 e. The fraction of sp³-hybridized carbons (Fsp3) is 0. The Bertz CT molecular complexity index is 931. The fourth-order valence-electron chi connectivity index (χ4n) is 1.82. The van der Waals surface area contributed by atoms with Crippen molar-refractivity contribution in [2.45, 2.75) is 0 Å². The lowest BCUT2D eigenvalue weighted by Crippen LogP contribution is -2.15. The van der Waals surface area contributed by atoms with Crippen LogP contribution < -0.4 is 11.5 Å². The van der Waals surface area contributed by atoms with Crippen LogP contribution in [0.2, 0.25) is 10.0 Å². The molecule has 0 aliphatic heterocycles. The van der Waals surface area contributed by atoms with Crippen LogP contribution >= 0.6 is 23.2 Å². The van der Waals surface area contributed by atoms with Gasteiger partial charge in [-0.25, -0.2) is 4.63 Å². The van der Waals surface area contributed by atoms with Crippen molar-refractivity contribution in [1.82, 2.24) is 10.3 Å². The summed E-state index contributed by atoms with van der Waals surface area (Å²) in [5, 5.41) is 15.5. The van der Waals surface area contributed by atoms with E-state index >= 15 is 0 Å². The van der Waals surface area contributed by atoms with Gasteiger partial charge in [-0.3, -0.25) is 0 Å². The number of nitrogens with zero attached hydrogens (tertiary/aromatic N) is 4. The molecule has 3 rings (SSSR count). The number of furan rings is 1. The molecule has 24 heavy (non-hydrogen) atoms. The van der Waals surface area contributed by atoms with Crippen LogP contribution in [-0.2, 0) is 0 Å². The number of benzene rings is 1. The van der Waals surface area contributed by atoms with Crippen LogP contribution in [0, 0.1) is 0 Å². The van der Waals surface area contributed by atoms with E-state index in [2.05, 4.69) is 25.1 Å². The maximum absolute atomic E-state index is 6.14. The van der Waals surface area contributed by atoms with E-state index in [1.165, 1.54) is 6.21 Å². The third-order valence-electron chi connectivity index (χ3n) is 2.93. The van der Waals surface area contributed by atoms with Crippen molar-refractivity contribution in [3.8, 4) is 11.3 Å². The van der Waals surface area contributed by atoms with E-state index in [1.54, 1.807) is 30.3 Å². The van der Waals surface area contributed by atoms with Crippen molar-refractivity contribution in [2.24, 2.45) is 15.9 Å². The number of anilines is 1. The molecule has 2 heterocycles. The zero-order valence-electron chi connectivity index (χ0n) is 12.0. The number of aromatic nitrogens is 2. The minimum atomic E-state index is -0.0301. The second-order valence-electron chi connectivity index (χ2n) is 4.55. The molecule has 0 spiro atoms. The number of halogens is 2. The van der Waals surface area contributed by atoms with Gasteiger partial charge in [0.15, 0.2) is 17.3 Å². The smallest absolute Gasteiger partial charge is 0.199 e. The predicted molar refractivity (Wildman–Crippen MR) is 91.2 cm³/mol. The Kier molecular flexibility index (Phi) is 4.50. The molecule has 0 saturated heterocycles. The number of rotatable bonds is 4. The van der Waals surface area contributed by atoms with E-state index in [1.807, 2.05) is 0 Å². The second kappa shape index (κ2) is 6.73. The number of hydrogen-bond acceptors (Lipinski definition) is 7. The summed E-state index contributed by atoms with van der Waals surface area (Å²) in [5.74, 6) is 1.03. The summed E-state index contributed by atoms with van der Waals surface area (Å²) >= 11 is 12.0. The van der Waals surface area contributed by atoms with E-state index < -0.39 is 0 Å². The van der Waals surface area contributed by atoms with Gasteiger partial charge in [0.1, 0.15) is 11.5 Å². The third-order valence-corrected chi connectivity index (χ3v) is 3.48. The van der Waals surface area contributed by atoms with Crippen LogP contribution in [0.1, 0.15) is 11.5 Å². The molecule has 10 heteroatoms. The van der Waals surface area contributed by atoms with Crippen molar-refractivity contribution in [3.05, 3.63) is 51.8 Å². The summed E-state index contributed by atoms with van der Waals surface area (Å²) in [6.07, 6.45) is 1.38. The Morgan fingerprint density at radius 2 is 2.00 bits per heavy atom. The van der Waals surface area contributed by atoms with Crippen LogP contribution in [0.5, 0.6) is 0 Å². The van der Waals surface area contributed by atoms with E-state index in [0.29, 0.717) is 27.1 Å². The summed E-state index contributed by atoms with van der Waals surface area (Å²) in [6, 6.07) is 8.59. The molecule has 0 fully saturated rings. The Labute approximate surface area is 145 Å². The van der Waals surface area contributed by atoms with Crippen LogP contribution in [0.15, 0.2) is 49.6 Å². The van der Waals surface area contributed by atoms with Gasteiger partial charge < -0.3 is 15.9 Å². The standard InChI is InChI=1S/C14H10Cl2N6O2/c15-7-1-3-9(10(16)5-7)11-4-2-8(23-11)6-19-20-13(17)12-14(18)22-24-21-12/h1-6H,(H2,17,20)(H2,18,22)/b19-6+. The first-order chi connectivity index (χ1) is 11.5. The number of amidine groups is 1. The molecule has 2 aromatic heterocycles. The van der Waals surface area contributed by atoms with Crippen LogP contribution in [0.4, 0.5) is 5.82 Å². The highest BCUT2D eigenvalue weighted by molar-refractivity contribution is 6.36. The van der Waals surface area contributed by atoms with Gasteiger partial charge in [-0.1, -0.05) is 23.2 Å². The number of nitrogen functional groups attached to an aromatic ring is 1. The molecule has 4 N–H and O–H groups in total. The predicted octanol–water partition coefficient (Wildman–Crippen LogP) is 2.96. The van der Waals surface area contributed by atoms with Crippen molar-refractivity contribution in [1.29, 1.82) is 0 Å². The van der Waals surface area contributed by atoms with Gasteiger partial charge in [0.25, 0.3) is 0 Å². The highest BCUT2D eigenvalue weighted by Gasteiger charge is 2.10. The molecule has 0 bridgehead atoms. The fourth-order valence-corrected chi connectivity index (χ4v) is 2.33. The van der Waals surface area contributed by atoms with Gasteiger partial charge in [0.05, 0.1) is 11.2 Å². The zero-order chi connectivity index (χ0) is 17.1. The molecule has 3 aromatic rings. The molecule has 0 aliphatic rings. The Morgan fingerprint density at radius 3 is 2.71 bits per heavy atom. The number of hydrogen-bond donors (Lipinski definition) is 2. The van der Waals surface area contributed by atoms with Gasteiger partial charge >= 0.3 is 0 Å². The largest absolute Gasteiger partial charge is 0.455 e. The second-order valence-corrected chi connectivity index (χ2v) is 5.40. The van der Waals surface area contributed by atoms with Crippen molar-refractivity contribution < 1.29 is 9.05 Å². The molecule has 0 aliphatic carbocycles. The molecule has 0 radical (unpaired) electrons. The maximum atomic E-state index is 6.14. The lowest BCUT2D eigenvalue weighted by Gasteiger charge is -2.00. The van der Waals surface area contributed by atoms with Crippen molar-refractivity contribution in [2.75, 3.05) is 5.73 Å². The lowest BCUT2D eigenvalue weighted by molar-refractivity contribution is 0.308. The van der Waals surface area contributed by atoms with Crippen LogP contribution in [0.25, 0.3) is 11.3 Å². The topological polar surface area (TPSA) is 129 Å². The SMILES string of the molecule is N/C(=N\N=C\c1ccc(-c2ccc(Cl)cc2Cl)o1)c1nonc1N. The summed E-state index contributed by atoms with van der Waals surface area (Å²) in [5.41, 5.74) is 12.0. The average Bonchev–Trinajstić information content (AvgIpc) is 3.16. The van der Waals surface area contributed by atoms with Gasteiger partial charge in [0, 0.05) is 10.6 Å². The lowest BCUT2D eigenvalue weighted by atomic mass is 10.2. The highest BCUT2D eigenvalue weighted by atomic mass is 35.5. The molecule has 122 valence electrons. The monoisotopic (exact) mass is 364 g/mol. The zero-order valence-corrected chi connectivity index (χ0v) is 13.5. The molecule has 0 amide bonds. The van der Waals surface area contributed by atoms with E-state index in [-0.39, 0.29) is 17.3 Å². The summed E-state index contributed by atoms with van der Waals surface area (Å²) < 4.78 is 10.1. The number of nitrogens with two attached hydrogens (primary N) is 2. The van der Waals surface area contributed by atoms with E-state index in [4.69, 9.17) is 39.1 Å². The van der Waals surface area contributed by atoms with Crippen molar-refractivity contribution >= 4 is 41.1 Å². The summed E-state index contributed by atoms with van der Waals surface area (Å²) in [6.45, 7) is 0. The minimum Gasteiger partial charge on any atom is -0.455 e. The van der Waals surface area contributed by atoms with Gasteiger partial charge in [-0.2, -0.15) is 5.10 Å². The van der Waals surface area contributed by atoms with Gasteiger partial charge in [-0.15, -0.1) is 5.10 Å². The highest BCUT2D eigenvalue weighted by Crippen LogP contribution is 2.31. The Morgan fingerprint density at radius 1 is 1.17 bits per heavy atom. The molecule has 0 unspecified atom stereocenters. The van der Waals surface area contributed by atoms with Gasteiger partial charge in [0.2, 0.25) is 0 Å². The average molecular weight is 365 g/mol. The first kappa shape index (κ1) is 16.0. The minimum absolute atomic E-state index is 0.0301. The third kappa shape index (κ3) is 3.39. The Balaban J connectivity index is 1.78. The molecule has 0 atom stereocenters. The first-order valence-electron chi connectivity index (χ1n) is 6.55. The molecule has 1 aromatic carbocycles. The van der Waals surface area contributed by atoms with Crippen molar-refractivity contribution in [3.63, 3.8) is 0 Å². The van der Waals surface area contributed by atoms with Gasteiger partial charge in [-0.05, 0) is 40.6 Å². The molecular formula is C14H10Cl2N6O2. The molecular weight excluding hydrogens is 355 g/mol. The van der Waals surface area contributed by atoms with Crippen LogP contribution in [-0.4, -0.2) is 22.4 Å². The summed E-state index contributed by atoms with van der Waals surface area (Å²) in [4.78, 5) is 0. The first-order valence-corrected chi connectivity index (χ1v) is 7.30. The van der Waals surface area contributed by atoms with E-state index in [9.17, 15) is 0 Å². The molecule has 0 saturated carbocycles. The summed E-state index contributed by atoms with van der Waals surface area (Å²) in [7, 11) is 0. The Hall–Kier alpha value is -2.84. The van der Waals surface area contributed by atoms with Crippen LogP contribution in [0.3, 0.4) is 0 Å². The normalized spacial score (nSPS) is 12.2.